The minimum atomic E-state index is -4.38. The molecule has 0 saturated heterocycles. The van der Waals surface area contributed by atoms with E-state index in [0.29, 0.717) is 22.3 Å². The van der Waals surface area contributed by atoms with Crippen molar-refractivity contribution in [1.82, 2.24) is 14.1 Å². The molecule has 2 aromatic heterocycles. The Morgan fingerprint density at radius 3 is 1.86 bits per heavy atom. The van der Waals surface area contributed by atoms with Gasteiger partial charge in [0.2, 0.25) is 0 Å². The average Bonchev–Trinajstić information content (AvgIpc) is 3.31. The number of aryl methyl sites for hydroxylation is 1. The van der Waals surface area contributed by atoms with Crippen molar-refractivity contribution in [2.45, 2.75) is 32.1 Å². The molecule has 0 amide bonds. The molecule has 0 bridgehead atoms. The van der Waals surface area contributed by atoms with E-state index in [4.69, 9.17) is 4.98 Å². The molecule has 36 heavy (non-hydrogen) atoms. The van der Waals surface area contributed by atoms with E-state index >= 15 is 0 Å². The molecule has 0 aliphatic heterocycles. The van der Waals surface area contributed by atoms with Crippen molar-refractivity contribution in [3.63, 3.8) is 0 Å². The first-order valence-corrected chi connectivity index (χ1v) is 11.6. The van der Waals surface area contributed by atoms with Crippen LogP contribution in [-0.4, -0.2) is 14.1 Å². The number of aromatic nitrogens is 3. The lowest BCUT2D eigenvalue weighted by atomic mass is 9.98. The van der Waals surface area contributed by atoms with E-state index in [0.717, 1.165) is 23.3 Å². The van der Waals surface area contributed by atoms with Crippen molar-refractivity contribution in [3.05, 3.63) is 136 Å². The fourth-order valence-electron chi connectivity index (χ4n) is 4.63. The summed E-state index contributed by atoms with van der Waals surface area (Å²) >= 11 is 0. The maximum atomic E-state index is 13.8. The van der Waals surface area contributed by atoms with E-state index in [2.05, 4.69) is 0 Å². The highest BCUT2D eigenvalue weighted by molar-refractivity contribution is 5.77. The van der Waals surface area contributed by atoms with Crippen LogP contribution in [0.15, 0.2) is 102 Å². The van der Waals surface area contributed by atoms with Crippen LogP contribution in [0, 0.1) is 6.92 Å². The summed E-state index contributed by atoms with van der Waals surface area (Å²) in [5.41, 5.74) is 2.32. The smallest absolute Gasteiger partial charge is 0.344 e. The SMILES string of the molecule is Cc1nc2cn(C(C)c3ccc(C(F)(F)F)cc3)cc2c(=O)n1C(c1ccccc1)c1ccccc1. The van der Waals surface area contributed by atoms with Gasteiger partial charge in [-0.1, -0.05) is 72.8 Å². The van der Waals surface area contributed by atoms with Gasteiger partial charge in [-0.05, 0) is 42.7 Å². The van der Waals surface area contributed by atoms with Gasteiger partial charge in [0, 0.05) is 12.4 Å². The molecule has 7 heteroatoms. The van der Waals surface area contributed by atoms with Crippen LogP contribution >= 0.6 is 0 Å². The van der Waals surface area contributed by atoms with Gasteiger partial charge < -0.3 is 4.57 Å². The summed E-state index contributed by atoms with van der Waals surface area (Å²) in [6.45, 7) is 3.69. The summed E-state index contributed by atoms with van der Waals surface area (Å²) in [6, 6.07) is 24.1. The van der Waals surface area contributed by atoms with Crippen molar-refractivity contribution in [2.24, 2.45) is 0 Å². The van der Waals surface area contributed by atoms with Crippen molar-refractivity contribution < 1.29 is 13.2 Å². The lowest BCUT2D eigenvalue weighted by Gasteiger charge is -2.23. The summed E-state index contributed by atoms with van der Waals surface area (Å²) in [5, 5.41) is 0.455. The van der Waals surface area contributed by atoms with Crippen molar-refractivity contribution >= 4 is 10.9 Å². The third-order valence-electron chi connectivity index (χ3n) is 6.56. The van der Waals surface area contributed by atoms with E-state index in [9.17, 15) is 18.0 Å². The van der Waals surface area contributed by atoms with Crippen LogP contribution in [0.3, 0.4) is 0 Å². The van der Waals surface area contributed by atoms with Crippen LogP contribution in [-0.2, 0) is 6.18 Å². The van der Waals surface area contributed by atoms with Gasteiger partial charge in [0.15, 0.2) is 0 Å². The average molecular weight is 488 g/mol. The fourth-order valence-corrected chi connectivity index (χ4v) is 4.63. The molecule has 0 aliphatic carbocycles. The molecule has 182 valence electrons. The molecule has 3 aromatic carbocycles. The first-order chi connectivity index (χ1) is 17.2. The van der Waals surface area contributed by atoms with E-state index in [1.807, 2.05) is 79.1 Å². The second-order valence-electron chi connectivity index (χ2n) is 8.86. The van der Waals surface area contributed by atoms with E-state index < -0.39 is 11.7 Å². The van der Waals surface area contributed by atoms with Gasteiger partial charge in [-0.15, -0.1) is 0 Å². The largest absolute Gasteiger partial charge is 0.416 e. The van der Waals surface area contributed by atoms with Crippen molar-refractivity contribution in [3.8, 4) is 0 Å². The summed E-state index contributed by atoms with van der Waals surface area (Å²) in [5.74, 6) is 0.574. The topological polar surface area (TPSA) is 39.8 Å². The fraction of sp³-hybridized carbons (Fsp3) is 0.172. The molecule has 0 spiro atoms. The Labute approximate surface area is 206 Å². The third kappa shape index (κ3) is 4.33. The molecule has 0 fully saturated rings. The highest BCUT2D eigenvalue weighted by Crippen LogP contribution is 2.31. The molecule has 5 rings (SSSR count). The van der Waals surface area contributed by atoms with E-state index in [1.54, 1.807) is 17.0 Å². The normalized spacial score (nSPS) is 12.8. The van der Waals surface area contributed by atoms with Crippen LogP contribution in [0.5, 0.6) is 0 Å². The predicted molar refractivity (Wildman–Crippen MR) is 134 cm³/mol. The van der Waals surface area contributed by atoms with Gasteiger partial charge in [-0.2, -0.15) is 13.2 Å². The number of nitrogens with zero attached hydrogens (tertiary/aromatic N) is 3. The monoisotopic (exact) mass is 487 g/mol. The second kappa shape index (κ2) is 9.15. The Bertz CT molecular complexity index is 1510. The maximum Gasteiger partial charge on any atom is 0.416 e. The van der Waals surface area contributed by atoms with E-state index in [1.165, 1.54) is 12.1 Å². The van der Waals surface area contributed by atoms with Crippen LogP contribution in [0.25, 0.3) is 10.9 Å². The zero-order valence-corrected chi connectivity index (χ0v) is 19.8. The molecule has 5 aromatic rings. The molecule has 1 atom stereocenters. The minimum Gasteiger partial charge on any atom is -0.344 e. The lowest BCUT2D eigenvalue weighted by molar-refractivity contribution is -0.137. The van der Waals surface area contributed by atoms with Crippen LogP contribution in [0.1, 0.15) is 47.1 Å². The molecular formula is C29H24F3N3O. The Balaban J connectivity index is 1.60. The molecule has 0 radical (unpaired) electrons. The van der Waals surface area contributed by atoms with Crippen molar-refractivity contribution in [2.75, 3.05) is 0 Å². The Morgan fingerprint density at radius 1 is 0.778 bits per heavy atom. The molecule has 4 nitrogen and oxygen atoms in total. The zero-order valence-electron chi connectivity index (χ0n) is 19.8. The standard InChI is InChI=1S/C29H24F3N3O/c1-19(21-13-15-24(16-14-21)29(30,31)32)34-17-25-26(18-34)33-20(2)35(28(25)36)27(22-9-5-3-6-10-22)23-11-7-4-8-12-23/h3-19,27H,1-2H3. The molecule has 2 heterocycles. The Kier molecular flexibility index (Phi) is 6.00. The quantitative estimate of drug-likeness (QED) is 0.274. The Morgan fingerprint density at radius 2 is 1.33 bits per heavy atom. The van der Waals surface area contributed by atoms with Gasteiger partial charge in [0.1, 0.15) is 5.82 Å². The van der Waals surface area contributed by atoms with Gasteiger partial charge in [0.25, 0.3) is 5.56 Å². The van der Waals surface area contributed by atoms with Gasteiger partial charge in [0.05, 0.1) is 28.6 Å². The van der Waals surface area contributed by atoms with Crippen LogP contribution in [0.2, 0.25) is 0 Å². The van der Waals surface area contributed by atoms with E-state index in [-0.39, 0.29) is 17.6 Å². The summed E-state index contributed by atoms with van der Waals surface area (Å²) in [6.07, 6.45) is -0.878. The molecular weight excluding hydrogens is 463 g/mol. The highest BCUT2D eigenvalue weighted by atomic mass is 19.4. The highest BCUT2D eigenvalue weighted by Gasteiger charge is 2.30. The van der Waals surface area contributed by atoms with Crippen molar-refractivity contribution in [1.29, 1.82) is 0 Å². The van der Waals surface area contributed by atoms with Gasteiger partial charge in [-0.25, -0.2) is 4.98 Å². The molecule has 1 unspecified atom stereocenters. The zero-order chi connectivity index (χ0) is 25.4. The Hall–Kier alpha value is -4.13. The number of rotatable bonds is 5. The minimum absolute atomic E-state index is 0.173. The first-order valence-electron chi connectivity index (χ1n) is 11.6. The number of hydrogen-bond donors (Lipinski definition) is 0. The summed E-state index contributed by atoms with van der Waals surface area (Å²) < 4.78 is 42.4. The van der Waals surface area contributed by atoms with Crippen LogP contribution < -0.4 is 5.56 Å². The van der Waals surface area contributed by atoms with Crippen LogP contribution in [0.4, 0.5) is 13.2 Å². The number of alkyl halides is 3. The van der Waals surface area contributed by atoms with Gasteiger partial charge in [-0.3, -0.25) is 9.36 Å². The summed E-state index contributed by atoms with van der Waals surface area (Å²) in [4.78, 5) is 18.6. The summed E-state index contributed by atoms with van der Waals surface area (Å²) in [7, 11) is 0. The molecule has 0 aliphatic rings. The molecule has 0 saturated carbocycles. The number of fused-ring (bicyclic) bond motifs is 1. The number of halogens is 3. The maximum absolute atomic E-state index is 13.8. The third-order valence-corrected chi connectivity index (χ3v) is 6.56. The predicted octanol–water partition coefficient (Wildman–Crippen LogP) is 6.77. The lowest BCUT2D eigenvalue weighted by Crippen LogP contribution is -2.29. The number of benzene rings is 3. The van der Waals surface area contributed by atoms with Gasteiger partial charge >= 0.3 is 6.18 Å². The second-order valence-corrected chi connectivity index (χ2v) is 8.86. The molecule has 0 N–H and O–H groups in total. The first kappa shape index (κ1) is 23.6. The number of hydrogen-bond acceptors (Lipinski definition) is 2.